The largest absolute Gasteiger partial charge is 0.507 e. The van der Waals surface area contributed by atoms with Gasteiger partial charge in [-0.05, 0) is 66.6 Å². The molecule has 0 bridgehead atoms. The Morgan fingerprint density at radius 1 is 1.09 bits per heavy atom. The van der Waals surface area contributed by atoms with Gasteiger partial charge < -0.3 is 19.6 Å². The average molecular weight is 475 g/mol. The molecule has 2 heterocycles. The molecule has 1 atom stereocenters. The summed E-state index contributed by atoms with van der Waals surface area (Å²) in [6.07, 6.45) is 1.44. The van der Waals surface area contributed by atoms with Crippen LogP contribution in [0.4, 0.5) is 11.4 Å². The van der Waals surface area contributed by atoms with Gasteiger partial charge in [-0.3, -0.25) is 19.3 Å². The lowest BCUT2D eigenvalue weighted by molar-refractivity contribution is -0.132. The number of aliphatic hydroxyl groups excluding tert-OH is 1. The summed E-state index contributed by atoms with van der Waals surface area (Å²) in [7, 11) is 0. The molecular weight excluding hydrogens is 448 g/mol. The molecule has 1 aromatic heterocycles. The number of amides is 2. The van der Waals surface area contributed by atoms with Gasteiger partial charge in [0.25, 0.3) is 11.7 Å². The summed E-state index contributed by atoms with van der Waals surface area (Å²) in [5, 5.41) is 13.8. The molecule has 1 unspecified atom stereocenters. The third-order valence-electron chi connectivity index (χ3n) is 5.43. The summed E-state index contributed by atoms with van der Waals surface area (Å²) in [6, 6.07) is 15.5. The van der Waals surface area contributed by atoms with Gasteiger partial charge in [-0.15, -0.1) is 0 Å². The Hall–Kier alpha value is -4.33. The van der Waals surface area contributed by atoms with Crippen LogP contribution >= 0.6 is 0 Å². The Bertz CT molecular complexity index is 1260. The maximum absolute atomic E-state index is 13.1. The Morgan fingerprint density at radius 3 is 2.34 bits per heavy atom. The highest BCUT2D eigenvalue weighted by molar-refractivity contribution is 6.51. The summed E-state index contributed by atoms with van der Waals surface area (Å²) in [5.74, 6) is -0.829. The molecule has 0 spiro atoms. The van der Waals surface area contributed by atoms with Crippen molar-refractivity contribution in [3.05, 3.63) is 83.8 Å². The maximum atomic E-state index is 13.1. The maximum Gasteiger partial charge on any atom is 0.300 e. The lowest BCUT2D eigenvalue weighted by Crippen LogP contribution is -2.29. The third kappa shape index (κ3) is 4.96. The van der Waals surface area contributed by atoms with E-state index in [4.69, 9.17) is 9.15 Å². The van der Waals surface area contributed by atoms with Crippen molar-refractivity contribution in [1.29, 1.82) is 0 Å². The van der Waals surface area contributed by atoms with Crippen LogP contribution < -0.4 is 15.0 Å². The van der Waals surface area contributed by atoms with Gasteiger partial charge in [0.2, 0.25) is 5.91 Å². The number of benzene rings is 2. The Morgan fingerprint density at radius 2 is 1.77 bits per heavy atom. The zero-order valence-corrected chi connectivity index (χ0v) is 19.6. The molecule has 2 N–H and O–H groups in total. The van der Waals surface area contributed by atoms with E-state index >= 15 is 0 Å². The summed E-state index contributed by atoms with van der Waals surface area (Å²) in [5.41, 5.74) is 1.26. The van der Waals surface area contributed by atoms with Gasteiger partial charge in [0.1, 0.15) is 23.3 Å². The topological polar surface area (TPSA) is 109 Å². The van der Waals surface area contributed by atoms with Crippen molar-refractivity contribution in [2.45, 2.75) is 26.8 Å². The highest BCUT2D eigenvalue weighted by atomic mass is 16.5. The molecule has 180 valence electrons. The fraction of sp³-hybridized carbons (Fsp3) is 0.222. The Kier molecular flexibility index (Phi) is 6.73. The van der Waals surface area contributed by atoms with Crippen molar-refractivity contribution in [2.24, 2.45) is 5.92 Å². The summed E-state index contributed by atoms with van der Waals surface area (Å²) < 4.78 is 11.2. The van der Waals surface area contributed by atoms with Gasteiger partial charge in [0.15, 0.2) is 0 Å². The molecule has 35 heavy (non-hydrogen) atoms. The first-order valence-corrected chi connectivity index (χ1v) is 11.2. The van der Waals surface area contributed by atoms with E-state index in [1.165, 1.54) is 18.1 Å². The van der Waals surface area contributed by atoms with Crippen LogP contribution in [0.2, 0.25) is 0 Å². The predicted molar refractivity (Wildman–Crippen MR) is 131 cm³/mol. The number of nitrogens with one attached hydrogen (secondary N) is 1. The molecule has 1 aliphatic heterocycles. The first-order valence-electron chi connectivity index (χ1n) is 11.2. The van der Waals surface area contributed by atoms with Crippen molar-refractivity contribution in [3.63, 3.8) is 0 Å². The van der Waals surface area contributed by atoms with E-state index in [0.717, 1.165) is 0 Å². The van der Waals surface area contributed by atoms with Crippen LogP contribution in [0.25, 0.3) is 5.76 Å². The second-order valence-corrected chi connectivity index (χ2v) is 8.64. The van der Waals surface area contributed by atoms with Crippen LogP contribution in [0.15, 0.2) is 76.9 Å². The van der Waals surface area contributed by atoms with Crippen molar-refractivity contribution in [1.82, 2.24) is 0 Å². The molecule has 0 saturated carbocycles. The van der Waals surface area contributed by atoms with Crippen LogP contribution in [0.5, 0.6) is 5.75 Å². The van der Waals surface area contributed by atoms with Crippen molar-refractivity contribution < 1.29 is 28.6 Å². The number of nitrogens with zero attached hydrogens (tertiary/aromatic N) is 1. The number of ketones is 1. The number of aliphatic hydroxyl groups is 1. The van der Waals surface area contributed by atoms with Gasteiger partial charge in [-0.2, -0.15) is 0 Å². The van der Waals surface area contributed by atoms with Gasteiger partial charge in [0, 0.05) is 23.9 Å². The minimum atomic E-state index is -0.964. The fourth-order valence-corrected chi connectivity index (χ4v) is 3.85. The lowest BCUT2D eigenvalue weighted by atomic mass is 9.99. The molecule has 1 aliphatic rings. The van der Waals surface area contributed by atoms with Crippen LogP contribution in [-0.2, 0) is 14.4 Å². The minimum Gasteiger partial charge on any atom is -0.507 e. The number of furan rings is 1. The van der Waals surface area contributed by atoms with E-state index in [1.807, 2.05) is 13.8 Å². The molecule has 4 rings (SSSR count). The summed E-state index contributed by atoms with van der Waals surface area (Å²) in [4.78, 5) is 38.9. The van der Waals surface area contributed by atoms with E-state index in [0.29, 0.717) is 41.0 Å². The van der Waals surface area contributed by atoms with E-state index in [9.17, 15) is 19.5 Å². The second-order valence-electron chi connectivity index (χ2n) is 8.64. The standard InChI is InChI=1S/C27H26N2O6/c1-16(2)15-35-21-12-6-18(7-13-21)25(31)23-24(22-5-4-14-34-22)29(27(33)26(23)32)20-10-8-19(9-11-20)28-17(3)30/h4-14,16,24,31H,15H2,1-3H3,(H,28,30)/b25-23-. The van der Waals surface area contributed by atoms with Crippen molar-refractivity contribution >= 4 is 34.7 Å². The van der Waals surface area contributed by atoms with E-state index in [1.54, 1.807) is 60.7 Å². The number of hydrogen-bond donors (Lipinski definition) is 2. The fourth-order valence-electron chi connectivity index (χ4n) is 3.85. The quantitative estimate of drug-likeness (QED) is 0.286. The van der Waals surface area contributed by atoms with Gasteiger partial charge >= 0.3 is 0 Å². The van der Waals surface area contributed by atoms with Crippen molar-refractivity contribution in [2.75, 3.05) is 16.8 Å². The molecule has 1 fully saturated rings. The summed E-state index contributed by atoms with van der Waals surface area (Å²) in [6.45, 7) is 6.03. The molecular formula is C27H26N2O6. The first kappa shape index (κ1) is 23.8. The SMILES string of the molecule is CC(=O)Nc1ccc(N2C(=O)C(=O)/C(=C(\O)c3ccc(OCC(C)C)cc3)C2c2ccco2)cc1. The molecule has 0 radical (unpaired) electrons. The number of carbonyl (C=O) groups excluding carboxylic acids is 3. The van der Waals surface area contributed by atoms with Crippen LogP contribution in [-0.4, -0.2) is 29.3 Å². The molecule has 8 heteroatoms. The van der Waals surface area contributed by atoms with Gasteiger partial charge in [-0.1, -0.05) is 13.8 Å². The molecule has 0 aliphatic carbocycles. The van der Waals surface area contributed by atoms with Gasteiger partial charge in [0.05, 0.1) is 18.4 Å². The molecule has 3 aromatic rings. The Balaban J connectivity index is 1.74. The van der Waals surface area contributed by atoms with Gasteiger partial charge in [-0.25, -0.2) is 0 Å². The number of Topliss-reactive ketones (excluding diaryl/α,β-unsaturated/α-hetero) is 1. The minimum absolute atomic E-state index is 0.0771. The molecule has 2 amide bonds. The van der Waals surface area contributed by atoms with Crippen LogP contribution in [0.1, 0.15) is 38.1 Å². The number of hydrogen-bond acceptors (Lipinski definition) is 6. The molecule has 2 aromatic carbocycles. The number of carbonyl (C=O) groups is 3. The number of ether oxygens (including phenoxy) is 1. The number of anilines is 2. The zero-order chi connectivity index (χ0) is 25.1. The molecule has 1 saturated heterocycles. The monoisotopic (exact) mass is 474 g/mol. The predicted octanol–water partition coefficient (Wildman–Crippen LogP) is 4.90. The van der Waals surface area contributed by atoms with E-state index < -0.39 is 17.7 Å². The lowest BCUT2D eigenvalue weighted by Gasteiger charge is -2.23. The second kappa shape index (κ2) is 9.89. The Labute approximate surface area is 202 Å². The number of rotatable bonds is 7. The molecule has 8 nitrogen and oxygen atoms in total. The third-order valence-corrected chi connectivity index (χ3v) is 5.43. The van der Waals surface area contributed by atoms with Crippen LogP contribution in [0.3, 0.4) is 0 Å². The van der Waals surface area contributed by atoms with E-state index in [2.05, 4.69) is 5.32 Å². The average Bonchev–Trinajstić information content (AvgIpc) is 3.45. The highest BCUT2D eigenvalue weighted by Crippen LogP contribution is 2.42. The van der Waals surface area contributed by atoms with Crippen molar-refractivity contribution in [3.8, 4) is 5.75 Å². The van der Waals surface area contributed by atoms with Crippen LogP contribution in [0, 0.1) is 5.92 Å². The summed E-state index contributed by atoms with van der Waals surface area (Å²) >= 11 is 0. The zero-order valence-electron chi connectivity index (χ0n) is 19.6. The highest BCUT2D eigenvalue weighted by Gasteiger charge is 2.48. The smallest absolute Gasteiger partial charge is 0.300 e. The first-order chi connectivity index (χ1) is 16.8. The normalized spacial score (nSPS) is 17.1. The van der Waals surface area contributed by atoms with E-state index in [-0.39, 0.29) is 17.2 Å².